The Morgan fingerprint density at radius 2 is 1.58 bits per heavy atom. The van der Waals surface area contributed by atoms with Crippen LogP contribution < -0.4 is 5.56 Å². The van der Waals surface area contributed by atoms with Crippen molar-refractivity contribution in [1.29, 1.82) is 0 Å². The minimum absolute atomic E-state index is 0.0900. The van der Waals surface area contributed by atoms with Crippen molar-refractivity contribution in [3.63, 3.8) is 0 Å². The summed E-state index contributed by atoms with van der Waals surface area (Å²) in [6, 6.07) is 21.1. The van der Waals surface area contributed by atoms with Gasteiger partial charge in [0.25, 0.3) is 15.7 Å². The Kier molecular flexibility index (Phi) is 4.60. The zero-order chi connectivity index (χ0) is 21.6. The first kappa shape index (κ1) is 19.5. The highest BCUT2D eigenvalue weighted by Gasteiger charge is 2.18. The molecule has 2 aromatic heterocycles. The molecule has 0 amide bonds. The molecule has 0 saturated carbocycles. The second-order valence-electron chi connectivity index (χ2n) is 7.30. The quantitative estimate of drug-likeness (QED) is 0.396. The van der Waals surface area contributed by atoms with Crippen LogP contribution in [0, 0.1) is 6.92 Å². The van der Waals surface area contributed by atoms with Crippen LogP contribution in [0.1, 0.15) is 5.56 Å². The topological polar surface area (TPSA) is 82.7 Å². The average molecular weight is 433 g/mol. The van der Waals surface area contributed by atoms with Crippen molar-refractivity contribution < 1.29 is 12.6 Å². The van der Waals surface area contributed by atoms with E-state index in [1.54, 1.807) is 34.7 Å². The fraction of sp³-hybridized carbons (Fsp3) is 0.130. The summed E-state index contributed by atoms with van der Waals surface area (Å²) in [4.78, 5) is 17.9. The monoisotopic (exact) mass is 433 g/mol. The molecule has 0 aliphatic carbocycles. The summed E-state index contributed by atoms with van der Waals surface area (Å²) in [6.45, 7) is 2.01. The van der Waals surface area contributed by atoms with E-state index in [1.165, 1.54) is 12.1 Å². The third-order valence-electron chi connectivity index (χ3n) is 5.28. The van der Waals surface area contributed by atoms with E-state index in [2.05, 4.69) is 4.98 Å². The molecule has 0 spiro atoms. The summed E-state index contributed by atoms with van der Waals surface area (Å²) >= 11 is 0. The Hall–Kier alpha value is -3.49. The molecule has 0 bridgehead atoms. The summed E-state index contributed by atoms with van der Waals surface area (Å²) in [5.41, 5.74) is 2.88. The van der Waals surface area contributed by atoms with E-state index < -0.39 is 10.1 Å². The standard InChI is InChI=1S/C23H19N3O4S/c1-16-10-12-17(13-11-16)31(28,29)30-15-14-25-20-8-4-5-9-21(20)26-22(27)18-6-2-3-7-19(18)24-23(25)26/h2-13H,14-15H2,1H3. The van der Waals surface area contributed by atoms with Gasteiger partial charge in [-0.3, -0.25) is 8.98 Å². The van der Waals surface area contributed by atoms with E-state index in [9.17, 15) is 13.2 Å². The first-order valence-corrected chi connectivity index (χ1v) is 11.2. The van der Waals surface area contributed by atoms with E-state index in [1.807, 2.05) is 41.8 Å². The van der Waals surface area contributed by atoms with Gasteiger partial charge in [-0.15, -0.1) is 0 Å². The number of benzene rings is 3. The summed E-state index contributed by atoms with van der Waals surface area (Å²) in [5.74, 6) is 0.446. The molecule has 0 saturated heterocycles. The minimum Gasteiger partial charge on any atom is -0.307 e. The fourth-order valence-corrected chi connectivity index (χ4v) is 4.64. The van der Waals surface area contributed by atoms with E-state index in [-0.39, 0.29) is 23.6 Å². The Bertz CT molecular complexity index is 1600. The van der Waals surface area contributed by atoms with Gasteiger partial charge >= 0.3 is 0 Å². The molecule has 0 unspecified atom stereocenters. The van der Waals surface area contributed by atoms with Gasteiger partial charge in [-0.25, -0.2) is 9.38 Å². The maximum absolute atomic E-state index is 13.1. The first-order valence-electron chi connectivity index (χ1n) is 9.80. The van der Waals surface area contributed by atoms with Crippen LogP contribution in [-0.2, 0) is 20.8 Å². The highest BCUT2D eigenvalue weighted by Crippen LogP contribution is 2.21. The van der Waals surface area contributed by atoms with Crippen molar-refractivity contribution in [2.45, 2.75) is 18.4 Å². The normalized spacial score (nSPS) is 12.2. The number of para-hydroxylation sites is 3. The van der Waals surface area contributed by atoms with Gasteiger partial charge in [0.1, 0.15) is 0 Å². The molecule has 7 nitrogen and oxygen atoms in total. The van der Waals surface area contributed by atoms with E-state index in [0.29, 0.717) is 22.2 Å². The highest BCUT2D eigenvalue weighted by molar-refractivity contribution is 7.86. The molecule has 8 heteroatoms. The minimum atomic E-state index is -3.88. The van der Waals surface area contributed by atoms with Gasteiger partial charge in [-0.1, -0.05) is 42.0 Å². The van der Waals surface area contributed by atoms with Gasteiger partial charge in [0.05, 0.1) is 40.0 Å². The van der Waals surface area contributed by atoms with Gasteiger partial charge < -0.3 is 4.57 Å². The van der Waals surface area contributed by atoms with Gasteiger partial charge in [-0.05, 0) is 43.3 Å². The Morgan fingerprint density at radius 1 is 0.903 bits per heavy atom. The second kappa shape index (κ2) is 7.33. The third-order valence-corrected chi connectivity index (χ3v) is 6.60. The number of nitrogens with zero attached hydrogens (tertiary/aromatic N) is 3. The van der Waals surface area contributed by atoms with Gasteiger partial charge in [0.15, 0.2) is 0 Å². The lowest BCUT2D eigenvalue weighted by atomic mass is 10.2. The smallest absolute Gasteiger partial charge is 0.297 e. The van der Waals surface area contributed by atoms with Crippen LogP contribution in [0.3, 0.4) is 0 Å². The number of aryl methyl sites for hydroxylation is 1. The molecule has 0 radical (unpaired) electrons. The molecule has 0 fully saturated rings. The number of imidazole rings is 1. The molecular formula is C23H19N3O4S. The van der Waals surface area contributed by atoms with Crippen molar-refractivity contribution in [2.75, 3.05) is 6.61 Å². The number of aromatic nitrogens is 3. The lowest BCUT2D eigenvalue weighted by Gasteiger charge is -2.08. The number of fused-ring (bicyclic) bond motifs is 4. The highest BCUT2D eigenvalue weighted by atomic mass is 32.2. The van der Waals surface area contributed by atoms with Crippen LogP contribution in [-0.4, -0.2) is 29.0 Å². The molecule has 5 rings (SSSR count). The summed E-state index contributed by atoms with van der Waals surface area (Å²) in [6.07, 6.45) is 0. The van der Waals surface area contributed by atoms with Crippen LogP contribution in [0.15, 0.2) is 82.5 Å². The predicted octanol–water partition coefficient (Wildman–Crippen LogP) is 3.52. The average Bonchev–Trinajstić information content (AvgIpc) is 3.08. The summed E-state index contributed by atoms with van der Waals surface area (Å²) in [7, 11) is -3.88. The molecule has 0 aliphatic rings. The van der Waals surface area contributed by atoms with Gasteiger partial charge in [-0.2, -0.15) is 8.42 Å². The lowest BCUT2D eigenvalue weighted by Crippen LogP contribution is -2.17. The SMILES string of the molecule is Cc1ccc(S(=O)(=O)OCCn2c3ccccc3n3c(=O)c4ccccc4nc23)cc1. The van der Waals surface area contributed by atoms with Crippen LogP contribution in [0.2, 0.25) is 0 Å². The first-order chi connectivity index (χ1) is 15.0. The molecule has 156 valence electrons. The second-order valence-corrected chi connectivity index (χ2v) is 8.91. The van der Waals surface area contributed by atoms with Crippen LogP contribution >= 0.6 is 0 Å². The molecular weight excluding hydrogens is 414 g/mol. The number of hydrogen-bond donors (Lipinski definition) is 0. The third kappa shape index (κ3) is 3.30. The van der Waals surface area contributed by atoms with Crippen molar-refractivity contribution in [2.24, 2.45) is 0 Å². The molecule has 2 heterocycles. The maximum Gasteiger partial charge on any atom is 0.297 e. The van der Waals surface area contributed by atoms with Crippen molar-refractivity contribution in [1.82, 2.24) is 14.0 Å². The Balaban J connectivity index is 1.56. The zero-order valence-corrected chi connectivity index (χ0v) is 17.5. The largest absolute Gasteiger partial charge is 0.307 e. The maximum atomic E-state index is 13.1. The van der Waals surface area contributed by atoms with Crippen LogP contribution in [0.25, 0.3) is 27.7 Å². The summed E-state index contributed by atoms with van der Waals surface area (Å²) < 4.78 is 33.7. The Labute approximate surface area is 178 Å². The predicted molar refractivity (Wildman–Crippen MR) is 119 cm³/mol. The van der Waals surface area contributed by atoms with Crippen LogP contribution in [0.4, 0.5) is 0 Å². The molecule has 0 N–H and O–H groups in total. The van der Waals surface area contributed by atoms with Crippen LogP contribution in [0.5, 0.6) is 0 Å². The summed E-state index contributed by atoms with van der Waals surface area (Å²) in [5, 5.41) is 0.529. The van der Waals surface area contributed by atoms with E-state index >= 15 is 0 Å². The number of rotatable bonds is 5. The Morgan fingerprint density at radius 3 is 2.35 bits per heavy atom. The molecule has 31 heavy (non-hydrogen) atoms. The fourth-order valence-electron chi connectivity index (χ4n) is 3.74. The molecule has 5 aromatic rings. The molecule has 3 aromatic carbocycles. The zero-order valence-electron chi connectivity index (χ0n) is 16.7. The number of hydrogen-bond acceptors (Lipinski definition) is 5. The van der Waals surface area contributed by atoms with Gasteiger partial charge in [0, 0.05) is 0 Å². The molecule has 0 atom stereocenters. The van der Waals surface area contributed by atoms with E-state index in [4.69, 9.17) is 4.18 Å². The lowest BCUT2D eigenvalue weighted by molar-refractivity contribution is 0.303. The van der Waals surface area contributed by atoms with Crippen molar-refractivity contribution >= 4 is 37.8 Å². The van der Waals surface area contributed by atoms with E-state index in [0.717, 1.165) is 11.1 Å². The van der Waals surface area contributed by atoms with Crippen molar-refractivity contribution in [3.05, 3.63) is 88.7 Å². The molecule has 0 aliphatic heterocycles. The van der Waals surface area contributed by atoms with Gasteiger partial charge in [0.2, 0.25) is 5.78 Å². The van der Waals surface area contributed by atoms with Crippen molar-refractivity contribution in [3.8, 4) is 0 Å².